The van der Waals surface area contributed by atoms with Crippen LogP contribution in [0.15, 0.2) is 42.5 Å². The first-order chi connectivity index (χ1) is 13.0. The summed E-state index contributed by atoms with van der Waals surface area (Å²) in [6.07, 6.45) is 0. The quantitative estimate of drug-likeness (QED) is 0.844. The molecule has 1 heterocycles. The normalized spacial score (nSPS) is 15.7. The van der Waals surface area contributed by atoms with Gasteiger partial charge >= 0.3 is 0 Å². The van der Waals surface area contributed by atoms with E-state index in [0.29, 0.717) is 26.3 Å². The van der Waals surface area contributed by atoms with Crippen molar-refractivity contribution in [1.82, 2.24) is 15.1 Å². The van der Waals surface area contributed by atoms with E-state index in [1.807, 2.05) is 31.2 Å². The van der Waals surface area contributed by atoms with E-state index in [1.165, 1.54) is 0 Å². The highest BCUT2D eigenvalue weighted by Crippen LogP contribution is 2.23. The Balaban J connectivity index is 1.54. The van der Waals surface area contributed by atoms with E-state index >= 15 is 0 Å². The van der Waals surface area contributed by atoms with Crippen molar-refractivity contribution in [2.75, 3.05) is 46.4 Å². The summed E-state index contributed by atoms with van der Waals surface area (Å²) < 4.78 is 5.26. The van der Waals surface area contributed by atoms with Crippen molar-refractivity contribution in [3.8, 4) is 0 Å². The number of likely N-dealkylation sites (N-methyl/N-ethyl adjacent to an activating group) is 1. The van der Waals surface area contributed by atoms with Gasteiger partial charge in [-0.3, -0.25) is 14.5 Å². The van der Waals surface area contributed by atoms with Crippen LogP contribution in [0, 0.1) is 0 Å². The third-order valence-corrected chi connectivity index (χ3v) is 4.85. The maximum absolute atomic E-state index is 12.4. The molecule has 0 aromatic heterocycles. The van der Waals surface area contributed by atoms with Crippen LogP contribution in [0.2, 0.25) is 0 Å². The van der Waals surface area contributed by atoms with Crippen LogP contribution in [0.1, 0.15) is 18.5 Å². The van der Waals surface area contributed by atoms with E-state index in [2.05, 4.69) is 23.5 Å². The number of ether oxygens (including phenoxy) is 1. The smallest absolute Gasteiger partial charge is 0.236 e. The molecule has 144 valence electrons. The topological polar surface area (TPSA) is 61.9 Å². The summed E-state index contributed by atoms with van der Waals surface area (Å²) in [5.41, 5.74) is 1.09. The van der Waals surface area contributed by atoms with E-state index in [1.54, 1.807) is 16.8 Å². The number of carbonyl (C=O) groups is 2. The minimum Gasteiger partial charge on any atom is -0.378 e. The Morgan fingerprint density at radius 3 is 2.59 bits per heavy atom. The summed E-state index contributed by atoms with van der Waals surface area (Å²) in [7, 11) is 1.79. The van der Waals surface area contributed by atoms with E-state index < -0.39 is 0 Å². The van der Waals surface area contributed by atoms with Crippen LogP contribution in [0.4, 0.5) is 0 Å². The molecule has 0 aliphatic carbocycles. The molecule has 1 fully saturated rings. The molecule has 2 amide bonds. The SMILES string of the molecule is CC(NC(=O)CN(C)CC(=O)N1CCOCC1)c1cccc2ccccc12. The van der Waals surface area contributed by atoms with Crippen LogP contribution in [-0.2, 0) is 14.3 Å². The van der Waals surface area contributed by atoms with Gasteiger partial charge in [0, 0.05) is 13.1 Å². The maximum Gasteiger partial charge on any atom is 0.236 e. The van der Waals surface area contributed by atoms with Crippen LogP contribution >= 0.6 is 0 Å². The third kappa shape index (κ3) is 5.05. The van der Waals surface area contributed by atoms with E-state index in [0.717, 1.165) is 16.3 Å². The first kappa shape index (κ1) is 19.3. The number of carbonyl (C=O) groups excluding carboxylic acids is 2. The molecule has 0 spiro atoms. The summed E-state index contributed by atoms with van der Waals surface area (Å²) >= 11 is 0. The van der Waals surface area contributed by atoms with Gasteiger partial charge < -0.3 is 15.0 Å². The highest BCUT2D eigenvalue weighted by Gasteiger charge is 2.20. The predicted molar refractivity (Wildman–Crippen MR) is 105 cm³/mol. The molecule has 1 aliphatic heterocycles. The monoisotopic (exact) mass is 369 g/mol. The van der Waals surface area contributed by atoms with Gasteiger partial charge in [-0.25, -0.2) is 0 Å². The molecule has 6 heteroatoms. The molecule has 3 rings (SSSR count). The lowest BCUT2D eigenvalue weighted by Crippen LogP contribution is -2.46. The van der Waals surface area contributed by atoms with Crippen LogP contribution in [0.25, 0.3) is 10.8 Å². The van der Waals surface area contributed by atoms with Crippen molar-refractivity contribution in [2.24, 2.45) is 0 Å². The molecule has 1 unspecified atom stereocenters. The highest BCUT2D eigenvalue weighted by molar-refractivity contribution is 5.87. The Labute approximate surface area is 160 Å². The fourth-order valence-electron chi connectivity index (χ4n) is 3.44. The molecule has 1 atom stereocenters. The zero-order valence-electron chi connectivity index (χ0n) is 16.0. The summed E-state index contributed by atoms with van der Waals surface area (Å²) in [4.78, 5) is 28.3. The number of nitrogens with one attached hydrogen (secondary N) is 1. The average molecular weight is 369 g/mol. The second kappa shape index (κ2) is 8.97. The third-order valence-electron chi connectivity index (χ3n) is 4.85. The minimum absolute atomic E-state index is 0.0377. The van der Waals surface area contributed by atoms with Crippen LogP contribution in [0.3, 0.4) is 0 Å². The zero-order valence-corrected chi connectivity index (χ0v) is 16.0. The van der Waals surface area contributed by atoms with Crippen LogP contribution in [-0.4, -0.2) is 68.1 Å². The second-order valence-corrected chi connectivity index (χ2v) is 7.02. The van der Waals surface area contributed by atoms with Crippen molar-refractivity contribution < 1.29 is 14.3 Å². The molecule has 6 nitrogen and oxygen atoms in total. The standard InChI is InChI=1S/C21H27N3O3/c1-16(18-9-5-7-17-6-3-4-8-19(17)18)22-20(25)14-23(2)15-21(26)24-10-12-27-13-11-24/h3-9,16H,10-15H2,1-2H3,(H,22,25). The number of benzene rings is 2. The van der Waals surface area contributed by atoms with E-state index in [4.69, 9.17) is 4.74 Å². The van der Waals surface area contributed by atoms with Crippen molar-refractivity contribution in [1.29, 1.82) is 0 Å². The summed E-state index contributed by atoms with van der Waals surface area (Å²) in [5, 5.41) is 5.35. The first-order valence-electron chi connectivity index (χ1n) is 9.35. The van der Waals surface area contributed by atoms with Crippen molar-refractivity contribution in [3.63, 3.8) is 0 Å². The Morgan fingerprint density at radius 1 is 1.11 bits per heavy atom. The molecular formula is C21H27N3O3. The van der Waals surface area contributed by atoms with E-state index in [-0.39, 0.29) is 30.9 Å². The van der Waals surface area contributed by atoms with Crippen molar-refractivity contribution in [2.45, 2.75) is 13.0 Å². The van der Waals surface area contributed by atoms with Gasteiger partial charge in [-0.05, 0) is 30.3 Å². The molecule has 0 bridgehead atoms. The highest BCUT2D eigenvalue weighted by atomic mass is 16.5. The number of hydrogen-bond acceptors (Lipinski definition) is 4. The van der Waals surface area contributed by atoms with Gasteiger partial charge in [-0.2, -0.15) is 0 Å². The molecule has 2 aromatic rings. The largest absolute Gasteiger partial charge is 0.378 e. The lowest BCUT2D eigenvalue weighted by atomic mass is 10.00. The zero-order chi connectivity index (χ0) is 19.2. The lowest BCUT2D eigenvalue weighted by molar-refractivity contribution is -0.136. The average Bonchev–Trinajstić information content (AvgIpc) is 2.67. The second-order valence-electron chi connectivity index (χ2n) is 7.02. The molecule has 1 saturated heterocycles. The predicted octanol–water partition coefficient (Wildman–Crippen LogP) is 1.81. The summed E-state index contributed by atoms with van der Waals surface area (Å²) in [5.74, 6) is -0.0524. The maximum atomic E-state index is 12.4. The van der Waals surface area contributed by atoms with Crippen LogP contribution in [0.5, 0.6) is 0 Å². The summed E-state index contributed by atoms with van der Waals surface area (Å²) in [6, 6.07) is 14.2. The van der Waals surface area contributed by atoms with Gasteiger partial charge in [0.1, 0.15) is 0 Å². The number of hydrogen-bond donors (Lipinski definition) is 1. The Kier molecular flexibility index (Phi) is 6.42. The number of morpholine rings is 1. The summed E-state index contributed by atoms with van der Waals surface area (Å²) in [6.45, 7) is 4.81. The number of rotatable bonds is 6. The van der Waals surface area contributed by atoms with Crippen molar-refractivity contribution >= 4 is 22.6 Å². The van der Waals surface area contributed by atoms with Gasteiger partial charge in [-0.1, -0.05) is 42.5 Å². The number of amides is 2. The van der Waals surface area contributed by atoms with E-state index in [9.17, 15) is 9.59 Å². The van der Waals surface area contributed by atoms with Gasteiger partial charge in [0.05, 0.1) is 32.3 Å². The molecular weight excluding hydrogens is 342 g/mol. The Hall–Kier alpha value is -2.44. The fourth-order valence-corrected chi connectivity index (χ4v) is 3.44. The van der Waals surface area contributed by atoms with Gasteiger partial charge in [-0.15, -0.1) is 0 Å². The lowest BCUT2D eigenvalue weighted by Gasteiger charge is -2.28. The Morgan fingerprint density at radius 2 is 1.81 bits per heavy atom. The first-order valence-corrected chi connectivity index (χ1v) is 9.35. The number of fused-ring (bicyclic) bond motifs is 1. The van der Waals surface area contributed by atoms with Gasteiger partial charge in [0.15, 0.2) is 0 Å². The van der Waals surface area contributed by atoms with Gasteiger partial charge in [0.2, 0.25) is 11.8 Å². The van der Waals surface area contributed by atoms with Crippen molar-refractivity contribution in [3.05, 3.63) is 48.0 Å². The fraction of sp³-hybridized carbons (Fsp3) is 0.429. The number of nitrogens with zero attached hydrogens (tertiary/aromatic N) is 2. The molecule has 2 aromatic carbocycles. The van der Waals surface area contributed by atoms with Gasteiger partial charge in [0.25, 0.3) is 0 Å². The molecule has 27 heavy (non-hydrogen) atoms. The molecule has 0 saturated carbocycles. The molecule has 0 radical (unpaired) electrons. The molecule has 1 aliphatic rings. The van der Waals surface area contributed by atoms with Crippen LogP contribution < -0.4 is 5.32 Å². The Bertz CT molecular complexity index is 797. The molecule has 1 N–H and O–H groups in total. The minimum atomic E-state index is -0.105.